The summed E-state index contributed by atoms with van der Waals surface area (Å²) in [6, 6.07) is 11.3. The Hall–Kier alpha value is -2.53. The van der Waals surface area contributed by atoms with Gasteiger partial charge in [0.15, 0.2) is 0 Å². The standard InChI is InChI=1S/C23H27FN4/c1-28(2)20-5-3-4-17(8-11-20)22-21(16-12-14-25-15-13-16)23(27-26-22)18-6-9-19(24)10-7-18/h6-7,9-10,12-15,17,20H,3-5,8,11H2,1-2H3,(H,26,27). The molecule has 28 heavy (non-hydrogen) atoms. The number of rotatable bonds is 4. The van der Waals surface area contributed by atoms with Gasteiger partial charge in [-0.2, -0.15) is 5.10 Å². The van der Waals surface area contributed by atoms with Gasteiger partial charge in [0, 0.05) is 41.2 Å². The molecule has 5 heteroatoms. The summed E-state index contributed by atoms with van der Waals surface area (Å²) in [6.45, 7) is 0. The Bertz CT molecular complexity index is 902. The molecule has 0 aliphatic heterocycles. The Kier molecular flexibility index (Phi) is 5.53. The van der Waals surface area contributed by atoms with Gasteiger partial charge >= 0.3 is 0 Å². The van der Waals surface area contributed by atoms with Crippen LogP contribution in [-0.4, -0.2) is 40.2 Å². The molecule has 1 aliphatic rings. The van der Waals surface area contributed by atoms with Crippen molar-refractivity contribution in [1.29, 1.82) is 0 Å². The molecule has 0 radical (unpaired) electrons. The fraction of sp³-hybridized carbons (Fsp3) is 0.391. The van der Waals surface area contributed by atoms with Crippen LogP contribution < -0.4 is 0 Å². The van der Waals surface area contributed by atoms with Gasteiger partial charge in [-0.1, -0.05) is 6.42 Å². The summed E-state index contributed by atoms with van der Waals surface area (Å²) in [5.74, 6) is 0.221. The van der Waals surface area contributed by atoms with Gasteiger partial charge in [0.25, 0.3) is 0 Å². The summed E-state index contributed by atoms with van der Waals surface area (Å²) in [4.78, 5) is 6.52. The number of hydrogen-bond donors (Lipinski definition) is 1. The maximum absolute atomic E-state index is 13.4. The van der Waals surface area contributed by atoms with E-state index in [2.05, 4.69) is 34.2 Å². The summed E-state index contributed by atoms with van der Waals surface area (Å²) < 4.78 is 13.4. The molecule has 0 bridgehead atoms. The van der Waals surface area contributed by atoms with Crippen molar-refractivity contribution < 1.29 is 4.39 Å². The first-order valence-electron chi connectivity index (χ1n) is 10.0. The highest BCUT2D eigenvalue weighted by molar-refractivity contribution is 5.82. The third-order valence-corrected chi connectivity index (χ3v) is 5.96. The summed E-state index contributed by atoms with van der Waals surface area (Å²) in [5.41, 5.74) is 5.24. The third kappa shape index (κ3) is 3.85. The molecule has 146 valence electrons. The quantitative estimate of drug-likeness (QED) is 0.630. The Morgan fingerprint density at radius 1 is 0.929 bits per heavy atom. The zero-order valence-corrected chi connectivity index (χ0v) is 16.5. The van der Waals surface area contributed by atoms with E-state index in [4.69, 9.17) is 0 Å². The largest absolute Gasteiger partial charge is 0.306 e. The lowest BCUT2D eigenvalue weighted by Gasteiger charge is -2.22. The van der Waals surface area contributed by atoms with Crippen molar-refractivity contribution in [3.05, 3.63) is 60.3 Å². The smallest absolute Gasteiger partial charge is 0.123 e. The van der Waals surface area contributed by atoms with Crippen molar-refractivity contribution in [1.82, 2.24) is 20.1 Å². The van der Waals surface area contributed by atoms with Crippen molar-refractivity contribution in [2.45, 2.75) is 44.1 Å². The maximum Gasteiger partial charge on any atom is 0.123 e. The highest BCUT2D eigenvalue weighted by Gasteiger charge is 2.27. The second kappa shape index (κ2) is 8.23. The Morgan fingerprint density at radius 2 is 1.68 bits per heavy atom. The van der Waals surface area contributed by atoms with E-state index in [1.807, 2.05) is 24.5 Å². The van der Waals surface area contributed by atoms with E-state index in [9.17, 15) is 4.39 Å². The lowest BCUT2D eigenvalue weighted by molar-refractivity contribution is 0.266. The zero-order chi connectivity index (χ0) is 19.5. The molecule has 3 aromatic rings. The second-order valence-corrected chi connectivity index (χ2v) is 7.93. The first-order valence-corrected chi connectivity index (χ1v) is 10.0. The van der Waals surface area contributed by atoms with Gasteiger partial charge in [-0.25, -0.2) is 4.39 Å². The molecule has 2 heterocycles. The van der Waals surface area contributed by atoms with Crippen LogP contribution in [0, 0.1) is 5.82 Å². The van der Waals surface area contributed by atoms with Crippen molar-refractivity contribution in [2.75, 3.05) is 14.1 Å². The van der Waals surface area contributed by atoms with Gasteiger partial charge < -0.3 is 4.90 Å². The minimum atomic E-state index is -0.233. The zero-order valence-electron chi connectivity index (χ0n) is 16.5. The Labute approximate surface area is 165 Å². The van der Waals surface area contributed by atoms with Crippen LogP contribution >= 0.6 is 0 Å². The van der Waals surface area contributed by atoms with Crippen LogP contribution in [0.3, 0.4) is 0 Å². The molecule has 1 saturated carbocycles. The topological polar surface area (TPSA) is 44.8 Å². The van der Waals surface area contributed by atoms with Gasteiger partial charge in [-0.15, -0.1) is 0 Å². The van der Waals surface area contributed by atoms with Gasteiger partial charge in [0.05, 0.1) is 0 Å². The van der Waals surface area contributed by atoms with Crippen molar-refractivity contribution in [2.24, 2.45) is 0 Å². The van der Waals surface area contributed by atoms with Gasteiger partial charge in [-0.3, -0.25) is 10.1 Å². The van der Waals surface area contributed by atoms with Crippen LogP contribution in [0.15, 0.2) is 48.8 Å². The normalized spacial score (nSPS) is 20.3. The number of nitrogens with one attached hydrogen (secondary N) is 1. The van der Waals surface area contributed by atoms with Gasteiger partial charge in [0.1, 0.15) is 11.5 Å². The van der Waals surface area contributed by atoms with Gasteiger partial charge in [-0.05, 0) is 81.7 Å². The van der Waals surface area contributed by atoms with Crippen molar-refractivity contribution in [3.8, 4) is 22.4 Å². The number of aromatic nitrogens is 3. The molecule has 1 N–H and O–H groups in total. The lowest BCUT2D eigenvalue weighted by Crippen LogP contribution is -2.26. The number of nitrogens with zero attached hydrogens (tertiary/aromatic N) is 3. The second-order valence-electron chi connectivity index (χ2n) is 7.93. The minimum absolute atomic E-state index is 0.233. The molecule has 2 unspecified atom stereocenters. The fourth-order valence-corrected chi connectivity index (χ4v) is 4.37. The molecular weight excluding hydrogens is 351 g/mol. The van der Waals surface area contributed by atoms with E-state index in [1.54, 1.807) is 12.1 Å². The van der Waals surface area contributed by atoms with E-state index in [-0.39, 0.29) is 5.82 Å². The summed E-state index contributed by atoms with van der Waals surface area (Å²) in [6.07, 6.45) is 9.59. The predicted molar refractivity (Wildman–Crippen MR) is 111 cm³/mol. The molecule has 2 atom stereocenters. The first kappa shape index (κ1) is 18.8. The highest BCUT2D eigenvalue weighted by atomic mass is 19.1. The Morgan fingerprint density at radius 3 is 2.39 bits per heavy atom. The number of benzene rings is 1. The van der Waals surface area contributed by atoms with E-state index in [0.29, 0.717) is 12.0 Å². The first-order chi connectivity index (χ1) is 13.6. The number of aromatic amines is 1. The molecule has 1 aromatic carbocycles. The molecule has 2 aromatic heterocycles. The molecule has 1 aliphatic carbocycles. The predicted octanol–water partition coefficient (Wildman–Crippen LogP) is 5.26. The summed E-state index contributed by atoms with van der Waals surface area (Å²) >= 11 is 0. The van der Waals surface area contributed by atoms with E-state index in [0.717, 1.165) is 35.2 Å². The van der Waals surface area contributed by atoms with Crippen LogP contribution in [0.2, 0.25) is 0 Å². The molecule has 0 spiro atoms. The van der Waals surface area contributed by atoms with Crippen molar-refractivity contribution >= 4 is 0 Å². The summed E-state index contributed by atoms with van der Waals surface area (Å²) in [5, 5.41) is 8.02. The minimum Gasteiger partial charge on any atom is -0.306 e. The van der Waals surface area contributed by atoms with Crippen LogP contribution in [0.25, 0.3) is 22.4 Å². The van der Waals surface area contributed by atoms with Crippen LogP contribution in [0.5, 0.6) is 0 Å². The molecule has 0 amide bonds. The van der Waals surface area contributed by atoms with E-state index >= 15 is 0 Å². The molecule has 4 rings (SSSR count). The maximum atomic E-state index is 13.4. The van der Waals surface area contributed by atoms with E-state index in [1.165, 1.54) is 37.1 Å². The van der Waals surface area contributed by atoms with Crippen LogP contribution in [0.4, 0.5) is 4.39 Å². The Balaban J connectivity index is 1.74. The summed E-state index contributed by atoms with van der Waals surface area (Å²) in [7, 11) is 4.35. The number of halogens is 1. The average Bonchev–Trinajstić information content (AvgIpc) is 2.99. The van der Waals surface area contributed by atoms with Gasteiger partial charge in [0.2, 0.25) is 0 Å². The number of pyridine rings is 1. The van der Waals surface area contributed by atoms with Crippen LogP contribution in [0.1, 0.15) is 43.7 Å². The third-order valence-electron chi connectivity index (χ3n) is 5.96. The molecule has 4 nitrogen and oxygen atoms in total. The number of hydrogen-bond acceptors (Lipinski definition) is 3. The number of H-pyrrole nitrogens is 1. The fourth-order valence-electron chi connectivity index (χ4n) is 4.37. The van der Waals surface area contributed by atoms with Crippen LogP contribution in [-0.2, 0) is 0 Å². The SMILES string of the molecule is CN(C)C1CCCC(c2[nH]nc(-c3ccc(F)cc3)c2-c2ccncc2)CC1. The lowest BCUT2D eigenvalue weighted by atomic mass is 9.89. The molecule has 0 saturated heterocycles. The average molecular weight is 378 g/mol. The highest BCUT2D eigenvalue weighted by Crippen LogP contribution is 2.41. The van der Waals surface area contributed by atoms with E-state index < -0.39 is 0 Å². The van der Waals surface area contributed by atoms with Crippen molar-refractivity contribution in [3.63, 3.8) is 0 Å². The monoisotopic (exact) mass is 378 g/mol. The molecule has 1 fully saturated rings. The molecular formula is C23H27FN4.